The molecule has 0 aliphatic heterocycles. The number of ether oxygens (including phenoxy) is 1. The second kappa shape index (κ2) is 9.17. The fraction of sp³-hybridized carbons (Fsp3) is 0.235. The molecule has 0 aliphatic rings. The monoisotopic (exact) mass is 351 g/mol. The molecule has 2 aromatic carbocycles. The van der Waals surface area contributed by atoms with Crippen molar-refractivity contribution in [2.24, 2.45) is 5.73 Å². The minimum absolute atomic E-state index is 0.382. The van der Waals surface area contributed by atoms with E-state index in [2.05, 4.69) is 16.9 Å². The zero-order chi connectivity index (χ0) is 18.2. The van der Waals surface area contributed by atoms with Crippen molar-refractivity contribution in [1.29, 1.82) is 0 Å². The second-order valence-corrected chi connectivity index (χ2v) is 6.60. The molecule has 7 heteroatoms. The number of rotatable bonds is 4. The fourth-order valence-electron chi connectivity index (χ4n) is 1.95. The van der Waals surface area contributed by atoms with E-state index < -0.39 is 16.2 Å². The van der Waals surface area contributed by atoms with E-state index in [1.807, 2.05) is 42.5 Å². The maximum atomic E-state index is 11.3. The Bertz CT molecular complexity index is 734. The van der Waals surface area contributed by atoms with Gasteiger partial charge in [-0.1, -0.05) is 54.6 Å². The maximum Gasteiger partial charge on any atom is 0.322 e. The molecule has 2 aromatic rings. The van der Waals surface area contributed by atoms with Crippen molar-refractivity contribution >= 4 is 16.1 Å². The van der Waals surface area contributed by atoms with Crippen LogP contribution in [0.15, 0.2) is 54.6 Å². The van der Waals surface area contributed by atoms with Crippen molar-refractivity contribution in [1.82, 2.24) is 0 Å². The van der Waals surface area contributed by atoms with Gasteiger partial charge in [0.05, 0.1) is 13.4 Å². The van der Waals surface area contributed by atoms with E-state index in [-0.39, 0.29) is 5.97 Å². The predicted octanol–water partition coefficient (Wildman–Crippen LogP) is 1.90. The Balaban J connectivity index is 0.000000505. The number of hydrogen-bond donors (Lipinski definition) is 2. The van der Waals surface area contributed by atoms with Gasteiger partial charge < -0.3 is 10.5 Å². The molecule has 1 atom stereocenters. The Morgan fingerprint density at radius 1 is 1.08 bits per heavy atom. The van der Waals surface area contributed by atoms with Gasteiger partial charge in [-0.2, -0.15) is 8.42 Å². The van der Waals surface area contributed by atoms with Crippen LogP contribution in [0.1, 0.15) is 5.56 Å². The number of nitrogens with two attached hydrogens (primary N) is 1. The summed E-state index contributed by atoms with van der Waals surface area (Å²) >= 11 is 0. The lowest BCUT2D eigenvalue weighted by Crippen LogP contribution is -2.33. The molecule has 0 bridgehead atoms. The van der Waals surface area contributed by atoms with Gasteiger partial charge in [0.25, 0.3) is 10.1 Å². The van der Waals surface area contributed by atoms with Crippen LogP contribution in [0.3, 0.4) is 0 Å². The molecule has 24 heavy (non-hydrogen) atoms. The summed E-state index contributed by atoms with van der Waals surface area (Å²) in [5.41, 5.74) is 9.08. The van der Waals surface area contributed by atoms with Gasteiger partial charge in [-0.3, -0.25) is 9.35 Å². The molecule has 0 heterocycles. The minimum atomic E-state index is -3.67. The number of hydrogen-bond acceptors (Lipinski definition) is 5. The first-order valence-corrected chi connectivity index (χ1v) is 8.95. The van der Waals surface area contributed by atoms with Crippen molar-refractivity contribution in [2.75, 3.05) is 13.4 Å². The minimum Gasteiger partial charge on any atom is -0.468 e. The van der Waals surface area contributed by atoms with Crippen LogP contribution in [0.2, 0.25) is 0 Å². The third-order valence-electron chi connectivity index (χ3n) is 3.02. The first-order chi connectivity index (χ1) is 11.2. The standard InChI is InChI=1S/C16H17NO2.CH4O3S/c1-19-16(18)15(17)11-12-7-9-14(10-8-12)13-5-3-2-4-6-13;1-5(2,3)4/h2-10,15H,11,17H2,1H3;1H3,(H,2,3,4). The predicted molar refractivity (Wildman–Crippen MR) is 93.0 cm³/mol. The van der Waals surface area contributed by atoms with Gasteiger partial charge in [-0.05, 0) is 23.1 Å². The van der Waals surface area contributed by atoms with E-state index in [1.165, 1.54) is 12.7 Å². The highest BCUT2D eigenvalue weighted by Crippen LogP contribution is 2.19. The summed E-state index contributed by atoms with van der Waals surface area (Å²) in [6.07, 6.45) is 1.20. The van der Waals surface area contributed by atoms with E-state index in [9.17, 15) is 13.2 Å². The van der Waals surface area contributed by atoms with Crippen LogP contribution >= 0.6 is 0 Å². The van der Waals surface area contributed by atoms with Gasteiger partial charge >= 0.3 is 5.97 Å². The Labute approximate surface area is 142 Å². The Hall–Kier alpha value is -2.22. The molecular weight excluding hydrogens is 330 g/mol. The lowest BCUT2D eigenvalue weighted by atomic mass is 10.0. The molecule has 0 aliphatic carbocycles. The van der Waals surface area contributed by atoms with Gasteiger partial charge in [0, 0.05) is 0 Å². The van der Waals surface area contributed by atoms with Crippen LogP contribution in [0.4, 0.5) is 0 Å². The molecule has 0 spiro atoms. The molecule has 3 N–H and O–H groups in total. The van der Waals surface area contributed by atoms with Crippen molar-refractivity contribution in [3.8, 4) is 11.1 Å². The zero-order valence-corrected chi connectivity index (χ0v) is 14.4. The van der Waals surface area contributed by atoms with E-state index in [4.69, 9.17) is 10.3 Å². The average molecular weight is 351 g/mol. The summed E-state index contributed by atoms with van der Waals surface area (Å²) in [5.74, 6) is -0.382. The number of carbonyl (C=O) groups excluding carboxylic acids is 1. The lowest BCUT2D eigenvalue weighted by molar-refractivity contribution is -0.142. The summed E-state index contributed by atoms with van der Waals surface area (Å²) in [6, 6.07) is 17.6. The molecule has 0 fully saturated rings. The van der Waals surface area contributed by atoms with Gasteiger partial charge in [0.15, 0.2) is 0 Å². The Morgan fingerprint density at radius 3 is 2.00 bits per heavy atom. The van der Waals surface area contributed by atoms with Crippen LogP contribution in [-0.2, 0) is 26.1 Å². The van der Waals surface area contributed by atoms with Crippen LogP contribution in [0, 0.1) is 0 Å². The molecule has 0 saturated heterocycles. The summed E-state index contributed by atoms with van der Waals surface area (Å²) < 4.78 is 30.5. The van der Waals surface area contributed by atoms with Crippen molar-refractivity contribution in [2.45, 2.75) is 12.5 Å². The highest BCUT2D eigenvalue weighted by Gasteiger charge is 2.13. The van der Waals surface area contributed by atoms with E-state index in [0.29, 0.717) is 12.7 Å². The number of methoxy groups -OCH3 is 1. The molecule has 0 saturated carbocycles. The molecule has 130 valence electrons. The van der Waals surface area contributed by atoms with E-state index >= 15 is 0 Å². The fourth-order valence-corrected chi connectivity index (χ4v) is 1.95. The molecule has 0 amide bonds. The summed E-state index contributed by atoms with van der Waals surface area (Å²) in [7, 11) is -2.32. The van der Waals surface area contributed by atoms with Crippen LogP contribution in [0.5, 0.6) is 0 Å². The summed E-state index contributed by atoms with van der Waals surface area (Å²) in [5, 5.41) is 0. The van der Waals surface area contributed by atoms with Crippen LogP contribution in [0.25, 0.3) is 11.1 Å². The Kier molecular flexibility index (Phi) is 7.57. The van der Waals surface area contributed by atoms with E-state index in [1.54, 1.807) is 0 Å². The van der Waals surface area contributed by atoms with Gasteiger partial charge in [0.1, 0.15) is 6.04 Å². The summed E-state index contributed by atoms with van der Waals surface area (Å²) in [6.45, 7) is 0. The molecule has 0 aromatic heterocycles. The second-order valence-electron chi connectivity index (χ2n) is 5.13. The topological polar surface area (TPSA) is 107 Å². The number of benzene rings is 2. The first-order valence-electron chi connectivity index (χ1n) is 7.11. The lowest BCUT2D eigenvalue weighted by Gasteiger charge is -2.09. The zero-order valence-electron chi connectivity index (χ0n) is 13.5. The third kappa shape index (κ3) is 7.87. The van der Waals surface area contributed by atoms with Crippen LogP contribution in [-0.4, -0.2) is 38.3 Å². The largest absolute Gasteiger partial charge is 0.468 e. The first kappa shape index (κ1) is 19.8. The average Bonchev–Trinajstić information content (AvgIpc) is 2.54. The van der Waals surface area contributed by atoms with Crippen molar-refractivity contribution in [3.63, 3.8) is 0 Å². The molecule has 1 unspecified atom stereocenters. The SMILES string of the molecule is COC(=O)C(N)Cc1ccc(-c2ccccc2)cc1.CS(=O)(=O)O. The Morgan fingerprint density at radius 2 is 1.54 bits per heavy atom. The summed E-state index contributed by atoms with van der Waals surface area (Å²) in [4.78, 5) is 11.3. The third-order valence-corrected chi connectivity index (χ3v) is 3.02. The number of esters is 1. The normalized spacial score (nSPS) is 11.8. The highest BCUT2D eigenvalue weighted by molar-refractivity contribution is 7.85. The number of carbonyl (C=O) groups is 1. The highest BCUT2D eigenvalue weighted by atomic mass is 32.2. The maximum absolute atomic E-state index is 11.3. The van der Waals surface area contributed by atoms with Crippen molar-refractivity contribution in [3.05, 3.63) is 60.2 Å². The molecular formula is C17H21NO5S. The smallest absolute Gasteiger partial charge is 0.322 e. The molecule has 6 nitrogen and oxygen atoms in total. The van der Waals surface area contributed by atoms with Crippen LogP contribution < -0.4 is 5.73 Å². The molecule has 2 rings (SSSR count). The van der Waals surface area contributed by atoms with Crippen molar-refractivity contribution < 1.29 is 22.5 Å². The molecule has 0 radical (unpaired) electrons. The quantitative estimate of drug-likeness (QED) is 0.643. The van der Waals surface area contributed by atoms with E-state index in [0.717, 1.165) is 11.1 Å². The van der Waals surface area contributed by atoms with Gasteiger partial charge in [0.2, 0.25) is 0 Å². The van der Waals surface area contributed by atoms with Gasteiger partial charge in [-0.25, -0.2) is 0 Å². The van der Waals surface area contributed by atoms with Gasteiger partial charge in [-0.15, -0.1) is 0 Å².